The topological polar surface area (TPSA) is 79.4 Å². The molecule has 1 aliphatic heterocycles. The van der Waals surface area contributed by atoms with E-state index in [0.29, 0.717) is 29.7 Å². The van der Waals surface area contributed by atoms with Crippen molar-refractivity contribution in [1.82, 2.24) is 15.5 Å². The van der Waals surface area contributed by atoms with Gasteiger partial charge in [-0.3, -0.25) is 4.79 Å². The molecule has 7 nitrogen and oxygen atoms in total. The molecule has 0 spiro atoms. The number of aromatic nitrogens is 2. The number of benzene rings is 1. The lowest BCUT2D eigenvalue weighted by molar-refractivity contribution is -0.123. The monoisotopic (exact) mass is 375 g/mol. The molecule has 0 radical (unpaired) electrons. The van der Waals surface area contributed by atoms with Crippen LogP contribution in [0.2, 0.25) is 5.02 Å². The summed E-state index contributed by atoms with van der Waals surface area (Å²) in [4.78, 5) is 14.1. The van der Waals surface area contributed by atoms with Crippen LogP contribution < -0.4 is 20.3 Å². The van der Waals surface area contributed by atoms with Gasteiger partial charge in [-0.2, -0.15) is 5.10 Å². The van der Waals surface area contributed by atoms with Crippen molar-refractivity contribution in [2.75, 3.05) is 43.0 Å². The zero-order valence-corrected chi connectivity index (χ0v) is 15.2. The van der Waals surface area contributed by atoms with E-state index in [0.717, 1.165) is 18.8 Å². The van der Waals surface area contributed by atoms with Gasteiger partial charge >= 0.3 is 0 Å². The average molecular weight is 376 g/mol. The zero-order chi connectivity index (χ0) is 18.2. The van der Waals surface area contributed by atoms with Gasteiger partial charge in [-0.25, -0.2) is 0 Å². The normalized spacial score (nSPS) is 13.5. The van der Waals surface area contributed by atoms with Crippen LogP contribution in [0.25, 0.3) is 0 Å². The van der Waals surface area contributed by atoms with Gasteiger partial charge in [0.05, 0.1) is 11.9 Å². The summed E-state index contributed by atoms with van der Waals surface area (Å²) in [5.74, 6) is 1.14. The molecule has 138 valence electrons. The first kappa shape index (κ1) is 18.3. The van der Waals surface area contributed by atoms with Gasteiger partial charge < -0.3 is 20.3 Å². The van der Waals surface area contributed by atoms with E-state index in [1.165, 1.54) is 12.8 Å². The molecule has 26 heavy (non-hydrogen) atoms. The van der Waals surface area contributed by atoms with Crippen LogP contribution in [0.4, 0.5) is 11.5 Å². The number of nitrogens with zero attached hydrogens (tertiary/aromatic N) is 3. The van der Waals surface area contributed by atoms with Crippen LogP contribution in [-0.2, 0) is 4.79 Å². The Bertz CT molecular complexity index is 720. The average Bonchev–Trinajstić information content (AvgIpc) is 3.20. The van der Waals surface area contributed by atoms with E-state index in [1.54, 1.807) is 30.5 Å². The van der Waals surface area contributed by atoms with Gasteiger partial charge in [0.25, 0.3) is 5.91 Å². The Kier molecular flexibility index (Phi) is 6.49. The van der Waals surface area contributed by atoms with Gasteiger partial charge in [0.1, 0.15) is 5.75 Å². The summed E-state index contributed by atoms with van der Waals surface area (Å²) in [6, 6.07) is 8.88. The lowest BCUT2D eigenvalue weighted by atomic mass is 10.3. The van der Waals surface area contributed by atoms with Crippen molar-refractivity contribution in [3.05, 3.63) is 41.6 Å². The van der Waals surface area contributed by atoms with Gasteiger partial charge in [0.2, 0.25) is 0 Å². The summed E-state index contributed by atoms with van der Waals surface area (Å²) in [6.07, 6.45) is 4.22. The summed E-state index contributed by atoms with van der Waals surface area (Å²) in [6.45, 7) is 3.12. The highest BCUT2D eigenvalue weighted by Gasteiger charge is 2.13. The van der Waals surface area contributed by atoms with Crippen molar-refractivity contribution in [3.63, 3.8) is 0 Å². The largest absolute Gasteiger partial charge is 0.484 e. The van der Waals surface area contributed by atoms with Crippen LogP contribution in [0, 0.1) is 0 Å². The molecule has 1 aromatic heterocycles. The third kappa shape index (κ3) is 5.49. The molecule has 2 aromatic rings. The molecule has 2 heterocycles. The summed E-state index contributed by atoms with van der Waals surface area (Å²) in [5, 5.41) is 14.7. The summed E-state index contributed by atoms with van der Waals surface area (Å²) in [5.41, 5.74) is 1.08. The third-order valence-corrected chi connectivity index (χ3v) is 4.30. The Labute approximate surface area is 157 Å². The second-order valence-corrected chi connectivity index (χ2v) is 6.45. The first-order chi connectivity index (χ1) is 12.7. The number of nitrogens with one attached hydrogen (secondary N) is 2. The highest BCUT2D eigenvalue weighted by molar-refractivity contribution is 6.30. The fourth-order valence-corrected chi connectivity index (χ4v) is 2.84. The summed E-state index contributed by atoms with van der Waals surface area (Å²) < 4.78 is 5.39. The Balaban J connectivity index is 1.35. The molecule has 3 rings (SSSR count). The van der Waals surface area contributed by atoms with Gasteiger partial charge in [-0.1, -0.05) is 11.6 Å². The summed E-state index contributed by atoms with van der Waals surface area (Å²) >= 11 is 5.80. The number of hydrogen-bond donors (Lipinski definition) is 2. The molecular formula is C18H22ClN5O2. The molecule has 0 aliphatic carbocycles. The molecule has 0 bridgehead atoms. The van der Waals surface area contributed by atoms with E-state index in [4.69, 9.17) is 16.3 Å². The Morgan fingerprint density at radius 2 is 1.96 bits per heavy atom. The fourth-order valence-electron chi connectivity index (χ4n) is 2.71. The van der Waals surface area contributed by atoms with E-state index in [9.17, 15) is 4.79 Å². The van der Waals surface area contributed by atoms with Crippen LogP contribution in [0.1, 0.15) is 12.8 Å². The van der Waals surface area contributed by atoms with Gasteiger partial charge in [-0.05, 0) is 37.1 Å². The number of rotatable bonds is 8. The van der Waals surface area contributed by atoms with E-state index in [-0.39, 0.29) is 12.5 Å². The quantitative estimate of drug-likeness (QED) is 0.689. The highest BCUT2D eigenvalue weighted by Crippen LogP contribution is 2.20. The predicted molar refractivity (Wildman–Crippen MR) is 102 cm³/mol. The first-order valence-electron chi connectivity index (χ1n) is 8.67. The number of anilines is 2. The van der Waals surface area contributed by atoms with E-state index >= 15 is 0 Å². The maximum atomic E-state index is 11.8. The number of halogens is 1. The van der Waals surface area contributed by atoms with Crippen molar-refractivity contribution in [1.29, 1.82) is 0 Å². The number of amides is 1. The number of ether oxygens (including phenoxy) is 1. The van der Waals surface area contributed by atoms with Gasteiger partial charge in [0, 0.05) is 37.3 Å². The van der Waals surface area contributed by atoms with E-state index < -0.39 is 0 Å². The predicted octanol–water partition coefficient (Wildman–Crippen LogP) is 2.34. The molecule has 0 atom stereocenters. The third-order valence-electron chi connectivity index (χ3n) is 4.05. The standard InChI is InChI=1S/C18H22ClN5O2/c19-14-3-5-16(6-4-14)26-13-18(25)21-8-7-20-17-11-15(12-22-23-17)24-9-1-2-10-24/h3-6,11-12H,1-2,7-10,13H2,(H,20,23)(H,21,25). The van der Waals surface area contributed by atoms with Crippen LogP contribution in [0.5, 0.6) is 5.75 Å². The van der Waals surface area contributed by atoms with Crippen molar-refractivity contribution < 1.29 is 9.53 Å². The molecule has 1 fully saturated rings. The molecule has 1 aromatic carbocycles. The minimum Gasteiger partial charge on any atom is -0.484 e. The Hall–Kier alpha value is -2.54. The maximum Gasteiger partial charge on any atom is 0.258 e. The molecule has 1 amide bonds. The minimum atomic E-state index is -0.182. The molecule has 1 aliphatic rings. The number of carbonyl (C=O) groups excluding carboxylic acids is 1. The lowest BCUT2D eigenvalue weighted by Crippen LogP contribution is -2.32. The van der Waals surface area contributed by atoms with Crippen molar-refractivity contribution >= 4 is 29.0 Å². The molecule has 1 saturated heterocycles. The van der Waals surface area contributed by atoms with Gasteiger partial charge in [0.15, 0.2) is 12.4 Å². The van der Waals surface area contributed by atoms with Crippen molar-refractivity contribution in [3.8, 4) is 5.75 Å². The SMILES string of the molecule is O=C(COc1ccc(Cl)cc1)NCCNc1cc(N2CCCC2)cnn1. The Morgan fingerprint density at radius 1 is 1.19 bits per heavy atom. The van der Waals surface area contributed by atoms with Crippen LogP contribution >= 0.6 is 11.6 Å². The maximum absolute atomic E-state index is 11.8. The zero-order valence-electron chi connectivity index (χ0n) is 14.4. The minimum absolute atomic E-state index is 0.0358. The molecular weight excluding hydrogens is 354 g/mol. The Morgan fingerprint density at radius 3 is 2.73 bits per heavy atom. The molecule has 2 N–H and O–H groups in total. The number of hydrogen-bond acceptors (Lipinski definition) is 6. The first-order valence-corrected chi connectivity index (χ1v) is 9.05. The second-order valence-electron chi connectivity index (χ2n) is 6.01. The van der Waals surface area contributed by atoms with E-state index in [2.05, 4.69) is 25.7 Å². The van der Waals surface area contributed by atoms with Crippen molar-refractivity contribution in [2.24, 2.45) is 0 Å². The van der Waals surface area contributed by atoms with E-state index in [1.807, 2.05) is 6.07 Å². The highest BCUT2D eigenvalue weighted by atomic mass is 35.5. The van der Waals surface area contributed by atoms with Crippen LogP contribution in [-0.4, -0.2) is 48.9 Å². The lowest BCUT2D eigenvalue weighted by Gasteiger charge is -2.17. The summed E-state index contributed by atoms with van der Waals surface area (Å²) in [7, 11) is 0. The van der Waals surface area contributed by atoms with Crippen LogP contribution in [0.15, 0.2) is 36.5 Å². The molecule has 0 saturated carbocycles. The molecule has 8 heteroatoms. The van der Waals surface area contributed by atoms with Crippen molar-refractivity contribution in [2.45, 2.75) is 12.8 Å². The number of carbonyl (C=O) groups is 1. The fraction of sp³-hybridized carbons (Fsp3) is 0.389. The molecule has 0 unspecified atom stereocenters. The smallest absolute Gasteiger partial charge is 0.258 e. The van der Waals surface area contributed by atoms with Crippen LogP contribution in [0.3, 0.4) is 0 Å². The van der Waals surface area contributed by atoms with Gasteiger partial charge in [-0.15, -0.1) is 5.10 Å². The second kappa shape index (κ2) is 9.24.